The second kappa shape index (κ2) is 4.11. The number of nitrogens with zero attached hydrogens (tertiary/aromatic N) is 3. The van der Waals surface area contributed by atoms with E-state index in [4.69, 9.17) is 17.3 Å². The topological polar surface area (TPSA) is 65.8 Å². The lowest BCUT2D eigenvalue weighted by Gasteiger charge is -2.26. The fraction of sp³-hybridized carbons (Fsp3) is 0.200. The van der Waals surface area contributed by atoms with E-state index >= 15 is 0 Å². The summed E-state index contributed by atoms with van der Waals surface area (Å²) in [6, 6.07) is 5.43. The van der Waals surface area contributed by atoms with Gasteiger partial charge in [-0.3, -0.25) is 4.79 Å². The Balaban J connectivity index is 1.77. The van der Waals surface area contributed by atoms with Crippen molar-refractivity contribution in [1.29, 1.82) is 0 Å². The first-order chi connectivity index (χ1) is 10.1. The quantitative estimate of drug-likeness (QED) is 0.739. The van der Waals surface area contributed by atoms with Crippen LogP contribution >= 0.6 is 11.6 Å². The van der Waals surface area contributed by atoms with Crippen molar-refractivity contribution < 1.29 is 0 Å². The zero-order valence-corrected chi connectivity index (χ0v) is 12.1. The van der Waals surface area contributed by atoms with Crippen LogP contribution in [0.5, 0.6) is 0 Å². The third kappa shape index (κ3) is 1.64. The molecule has 2 aliphatic rings. The Hall–Kier alpha value is -2.27. The highest BCUT2D eigenvalue weighted by atomic mass is 35.5. The number of aryl methyl sites for hydroxylation is 1. The van der Waals surface area contributed by atoms with Crippen molar-refractivity contribution in [2.45, 2.75) is 19.5 Å². The zero-order chi connectivity index (χ0) is 14.7. The predicted molar refractivity (Wildman–Crippen MR) is 82.7 cm³/mol. The Morgan fingerprint density at radius 3 is 2.90 bits per heavy atom. The van der Waals surface area contributed by atoms with E-state index in [1.807, 2.05) is 19.3 Å². The Morgan fingerprint density at radius 2 is 2.24 bits per heavy atom. The number of pyridine rings is 1. The van der Waals surface area contributed by atoms with Gasteiger partial charge in [0, 0.05) is 17.3 Å². The largest absolute Gasteiger partial charge is 0.398 e. The molecule has 4 heterocycles. The summed E-state index contributed by atoms with van der Waals surface area (Å²) in [6.45, 7) is 2.62. The van der Waals surface area contributed by atoms with Gasteiger partial charge in [-0.1, -0.05) is 11.6 Å². The molecule has 1 atom stereocenters. The summed E-state index contributed by atoms with van der Waals surface area (Å²) in [4.78, 5) is 16.9. The lowest BCUT2D eigenvalue weighted by Crippen LogP contribution is -2.30. The van der Waals surface area contributed by atoms with E-state index in [0.29, 0.717) is 22.6 Å². The van der Waals surface area contributed by atoms with E-state index in [1.165, 1.54) is 5.69 Å². The fourth-order valence-electron chi connectivity index (χ4n) is 2.97. The average molecular weight is 301 g/mol. The number of imidazole rings is 1. The van der Waals surface area contributed by atoms with Gasteiger partial charge in [-0.25, -0.2) is 4.98 Å². The second-order valence-electron chi connectivity index (χ2n) is 5.37. The summed E-state index contributed by atoms with van der Waals surface area (Å²) >= 11 is 6.02. The van der Waals surface area contributed by atoms with Crippen LogP contribution in [0, 0.1) is 6.92 Å². The Bertz CT molecular complexity index is 919. The lowest BCUT2D eigenvalue weighted by atomic mass is 10.1. The molecule has 5 nitrogen and oxygen atoms in total. The summed E-state index contributed by atoms with van der Waals surface area (Å²) < 4.78 is 3.79. The molecule has 21 heavy (non-hydrogen) atoms. The molecule has 0 spiro atoms. The van der Waals surface area contributed by atoms with E-state index in [0.717, 1.165) is 11.1 Å². The third-order valence-corrected chi connectivity index (χ3v) is 4.52. The molecule has 106 valence electrons. The molecule has 3 aromatic rings. The summed E-state index contributed by atoms with van der Waals surface area (Å²) in [5.74, 6) is 0. The van der Waals surface area contributed by atoms with Crippen LogP contribution in [0.1, 0.15) is 17.4 Å². The Morgan fingerprint density at radius 1 is 1.43 bits per heavy atom. The van der Waals surface area contributed by atoms with E-state index in [-0.39, 0.29) is 11.6 Å². The van der Waals surface area contributed by atoms with Gasteiger partial charge in [-0.05, 0) is 30.5 Å². The van der Waals surface area contributed by atoms with E-state index in [2.05, 4.69) is 9.55 Å². The van der Waals surface area contributed by atoms with Gasteiger partial charge in [-0.2, -0.15) is 0 Å². The first-order valence-electron chi connectivity index (χ1n) is 6.68. The predicted octanol–water partition coefficient (Wildman–Crippen LogP) is 2.35. The van der Waals surface area contributed by atoms with E-state index < -0.39 is 0 Å². The molecule has 0 aliphatic carbocycles. The van der Waals surface area contributed by atoms with Gasteiger partial charge in [0.05, 0.1) is 35.3 Å². The monoisotopic (exact) mass is 300 g/mol. The molecule has 0 saturated heterocycles. The number of halogens is 1. The number of fused-ring (bicyclic) bond motifs is 2. The van der Waals surface area contributed by atoms with E-state index in [9.17, 15) is 4.79 Å². The molecule has 0 saturated carbocycles. The fourth-order valence-corrected chi connectivity index (χ4v) is 3.14. The van der Waals surface area contributed by atoms with Gasteiger partial charge in [0.15, 0.2) is 0 Å². The van der Waals surface area contributed by atoms with Gasteiger partial charge in [0.25, 0.3) is 5.56 Å². The molecule has 0 fully saturated rings. The molecule has 2 aliphatic heterocycles. The van der Waals surface area contributed by atoms with Crippen LogP contribution in [-0.2, 0) is 6.54 Å². The van der Waals surface area contributed by atoms with Crippen molar-refractivity contribution in [1.82, 2.24) is 14.1 Å². The molecule has 5 rings (SSSR count). The molecule has 2 aromatic heterocycles. The number of benzene rings is 1. The molecule has 2 N–H and O–H groups in total. The maximum atomic E-state index is 12.6. The minimum Gasteiger partial charge on any atom is -0.398 e. The molecule has 0 amide bonds. The van der Waals surface area contributed by atoms with Crippen LogP contribution in [0.4, 0.5) is 5.69 Å². The number of rotatable bonds is 2. The molecule has 0 radical (unpaired) electrons. The highest BCUT2D eigenvalue weighted by Crippen LogP contribution is 2.33. The average Bonchev–Trinajstić information content (AvgIpc) is 3.05. The van der Waals surface area contributed by atoms with Crippen LogP contribution in [0.3, 0.4) is 0 Å². The number of anilines is 1. The Labute approximate surface area is 125 Å². The molecular weight excluding hydrogens is 288 g/mol. The highest BCUT2D eigenvalue weighted by Gasteiger charge is 2.31. The number of nitrogens with two attached hydrogens (primary N) is 1. The van der Waals surface area contributed by atoms with Crippen molar-refractivity contribution >= 4 is 28.1 Å². The van der Waals surface area contributed by atoms with Gasteiger partial charge in [0.1, 0.15) is 0 Å². The van der Waals surface area contributed by atoms with Crippen molar-refractivity contribution in [3.05, 3.63) is 57.5 Å². The summed E-state index contributed by atoms with van der Waals surface area (Å²) in [7, 11) is 0. The maximum absolute atomic E-state index is 12.6. The third-order valence-electron chi connectivity index (χ3n) is 4.19. The maximum Gasteiger partial charge on any atom is 0.258 e. The summed E-state index contributed by atoms with van der Waals surface area (Å²) in [6.07, 6.45) is 3.62. The first kappa shape index (κ1) is 12.5. The van der Waals surface area contributed by atoms with Crippen LogP contribution in [0.2, 0.25) is 5.02 Å². The minimum atomic E-state index is -0.0554. The number of hydrogen-bond donors (Lipinski definition) is 1. The second-order valence-corrected chi connectivity index (χ2v) is 5.78. The molecular formula is C15H13ClN4O. The summed E-state index contributed by atoms with van der Waals surface area (Å²) in [5, 5.41) is 1.80. The normalized spacial score (nSPS) is 16.2. The van der Waals surface area contributed by atoms with Gasteiger partial charge in [-0.15, -0.1) is 0 Å². The smallest absolute Gasteiger partial charge is 0.258 e. The van der Waals surface area contributed by atoms with Crippen LogP contribution in [-0.4, -0.2) is 14.1 Å². The molecule has 6 heteroatoms. The lowest BCUT2D eigenvalue weighted by molar-refractivity contribution is 0.441. The van der Waals surface area contributed by atoms with Crippen molar-refractivity contribution in [2.24, 2.45) is 0 Å². The SMILES string of the molecule is Cc1c2ncn1C2Cn1ccc2cc(N)c(Cl)cc2c1=O. The van der Waals surface area contributed by atoms with Crippen molar-refractivity contribution in [3.63, 3.8) is 0 Å². The highest BCUT2D eigenvalue weighted by molar-refractivity contribution is 6.33. The summed E-state index contributed by atoms with van der Waals surface area (Å²) in [5.41, 5.74) is 8.44. The molecule has 1 aromatic carbocycles. The number of hydrogen-bond acceptors (Lipinski definition) is 3. The Kier molecular flexibility index (Phi) is 2.44. The standard InChI is InChI=1S/C15H13ClN4O/c1-8-14-13(20(8)7-18-14)6-19-3-2-9-4-12(17)11(16)5-10(9)15(19)21/h2-5,7,13H,6,17H2,1H3. The number of aromatic nitrogens is 3. The molecule has 1 unspecified atom stereocenters. The first-order valence-corrected chi connectivity index (χ1v) is 7.05. The van der Waals surface area contributed by atoms with Crippen molar-refractivity contribution in [2.75, 3.05) is 5.73 Å². The molecule has 2 bridgehead atoms. The van der Waals surface area contributed by atoms with Gasteiger partial charge >= 0.3 is 0 Å². The van der Waals surface area contributed by atoms with Crippen LogP contribution in [0.25, 0.3) is 10.8 Å². The van der Waals surface area contributed by atoms with Gasteiger partial charge < -0.3 is 14.9 Å². The van der Waals surface area contributed by atoms with Crippen LogP contribution < -0.4 is 11.3 Å². The minimum absolute atomic E-state index is 0.0554. The van der Waals surface area contributed by atoms with Gasteiger partial charge in [0.2, 0.25) is 0 Å². The number of nitrogen functional groups attached to an aromatic ring is 1. The van der Waals surface area contributed by atoms with Crippen LogP contribution in [0.15, 0.2) is 35.5 Å². The van der Waals surface area contributed by atoms with Crippen molar-refractivity contribution in [3.8, 4) is 0 Å². The zero-order valence-electron chi connectivity index (χ0n) is 11.4. The van der Waals surface area contributed by atoms with E-state index in [1.54, 1.807) is 22.9 Å².